The highest BCUT2D eigenvalue weighted by molar-refractivity contribution is 5.37. The summed E-state index contributed by atoms with van der Waals surface area (Å²) in [7, 11) is 0. The smallest absolute Gasteiger partial charge is 0.0995 e. The first-order chi connectivity index (χ1) is 5.81. The molecule has 62 valence electrons. The molecular weight excluding hydrogens is 148 g/mol. The summed E-state index contributed by atoms with van der Waals surface area (Å²) in [4.78, 5) is 4.23. The van der Waals surface area contributed by atoms with Crippen LogP contribution in [0.5, 0.6) is 0 Å². The van der Waals surface area contributed by atoms with E-state index in [0.29, 0.717) is 0 Å². The number of aromatic nitrogens is 1. The molecule has 0 bridgehead atoms. The Bertz CT molecular complexity index is 310. The first-order valence-corrected chi connectivity index (χ1v) is 4.19. The van der Waals surface area contributed by atoms with Gasteiger partial charge in [0, 0.05) is 11.9 Å². The Morgan fingerprint density at radius 2 is 2.17 bits per heavy atom. The number of nitriles is 1. The maximum Gasteiger partial charge on any atom is 0.0995 e. The normalized spacial score (nSPS) is 9.42. The van der Waals surface area contributed by atoms with Gasteiger partial charge in [-0.05, 0) is 24.5 Å². The van der Waals surface area contributed by atoms with Crippen LogP contribution in [0.4, 0.5) is 0 Å². The molecule has 0 atom stereocenters. The molecule has 0 saturated carbocycles. The number of pyridine rings is 1. The van der Waals surface area contributed by atoms with Gasteiger partial charge in [-0.25, -0.2) is 0 Å². The second-order valence-corrected chi connectivity index (χ2v) is 2.65. The highest BCUT2D eigenvalue weighted by atomic mass is 14.7. The lowest BCUT2D eigenvalue weighted by Crippen LogP contribution is -1.93. The first kappa shape index (κ1) is 8.73. The minimum absolute atomic E-state index is 0.768. The van der Waals surface area contributed by atoms with E-state index in [-0.39, 0.29) is 0 Å². The van der Waals surface area contributed by atoms with Crippen molar-refractivity contribution in [2.75, 3.05) is 0 Å². The summed E-state index contributed by atoms with van der Waals surface area (Å²) in [5.74, 6) is 0. The molecule has 0 radical (unpaired) electrons. The van der Waals surface area contributed by atoms with E-state index in [4.69, 9.17) is 5.26 Å². The summed E-state index contributed by atoms with van der Waals surface area (Å²) < 4.78 is 0. The average molecular weight is 160 g/mol. The lowest BCUT2D eigenvalue weighted by atomic mass is 10.1. The van der Waals surface area contributed by atoms with E-state index in [1.54, 1.807) is 6.20 Å². The second-order valence-electron chi connectivity index (χ2n) is 2.65. The van der Waals surface area contributed by atoms with Crippen LogP contribution in [-0.4, -0.2) is 4.98 Å². The topological polar surface area (TPSA) is 36.7 Å². The van der Waals surface area contributed by atoms with Crippen LogP contribution in [0.2, 0.25) is 0 Å². The molecule has 1 aromatic heterocycles. The van der Waals surface area contributed by atoms with Gasteiger partial charge in [-0.3, -0.25) is 4.98 Å². The fourth-order valence-corrected chi connectivity index (χ4v) is 1.11. The monoisotopic (exact) mass is 160 g/mol. The summed E-state index contributed by atoms with van der Waals surface area (Å²) in [5.41, 5.74) is 2.79. The van der Waals surface area contributed by atoms with Crippen molar-refractivity contribution >= 4 is 0 Å². The fraction of sp³-hybridized carbons (Fsp3) is 0.400. The second kappa shape index (κ2) is 3.87. The molecule has 0 fully saturated rings. The van der Waals surface area contributed by atoms with Gasteiger partial charge in [-0.1, -0.05) is 13.8 Å². The summed E-state index contributed by atoms with van der Waals surface area (Å²) >= 11 is 0. The van der Waals surface area contributed by atoms with Gasteiger partial charge in [-0.2, -0.15) is 5.26 Å². The predicted molar refractivity (Wildman–Crippen MR) is 47.7 cm³/mol. The quantitative estimate of drug-likeness (QED) is 0.664. The maximum absolute atomic E-state index is 8.79. The van der Waals surface area contributed by atoms with Crippen molar-refractivity contribution < 1.29 is 0 Å². The van der Waals surface area contributed by atoms with Crippen molar-refractivity contribution in [2.24, 2.45) is 0 Å². The third-order valence-electron chi connectivity index (χ3n) is 1.91. The molecule has 12 heavy (non-hydrogen) atoms. The molecule has 0 N–H and O–H groups in total. The van der Waals surface area contributed by atoms with Crippen LogP contribution in [0.15, 0.2) is 12.3 Å². The number of aryl methyl sites for hydroxylation is 2. The van der Waals surface area contributed by atoms with Gasteiger partial charge in [0.05, 0.1) is 11.6 Å². The zero-order valence-electron chi connectivity index (χ0n) is 7.46. The minimum atomic E-state index is 0.768. The van der Waals surface area contributed by atoms with Gasteiger partial charge >= 0.3 is 0 Å². The van der Waals surface area contributed by atoms with E-state index in [9.17, 15) is 0 Å². The van der Waals surface area contributed by atoms with Crippen LogP contribution in [0.3, 0.4) is 0 Å². The van der Waals surface area contributed by atoms with E-state index < -0.39 is 0 Å². The summed E-state index contributed by atoms with van der Waals surface area (Å²) in [6, 6.07) is 4.06. The zero-order valence-corrected chi connectivity index (χ0v) is 7.46. The van der Waals surface area contributed by atoms with Crippen molar-refractivity contribution in [1.29, 1.82) is 5.26 Å². The standard InChI is InChI=1S/C10H12N2/c1-3-8-7-12-10(4-2)5-9(8)6-11/h5,7H,3-4H2,1-2H3. The third kappa shape index (κ3) is 1.62. The van der Waals surface area contributed by atoms with Crippen LogP contribution < -0.4 is 0 Å². The van der Waals surface area contributed by atoms with Gasteiger partial charge in [0.15, 0.2) is 0 Å². The van der Waals surface area contributed by atoms with Crippen molar-refractivity contribution in [1.82, 2.24) is 4.98 Å². The lowest BCUT2D eigenvalue weighted by molar-refractivity contribution is 0.998. The number of hydrogen-bond donors (Lipinski definition) is 0. The van der Waals surface area contributed by atoms with Crippen molar-refractivity contribution in [2.45, 2.75) is 26.7 Å². The van der Waals surface area contributed by atoms with Crippen molar-refractivity contribution in [3.8, 4) is 6.07 Å². The molecule has 2 heteroatoms. The number of rotatable bonds is 2. The molecule has 0 amide bonds. The zero-order chi connectivity index (χ0) is 8.97. The van der Waals surface area contributed by atoms with Gasteiger partial charge in [-0.15, -0.1) is 0 Å². The molecule has 1 heterocycles. The molecule has 0 saturated heterocycles. The molecule has 1 aromatic rings. The largest absolute Gasteiger partial charge is 0.261 e. The first-order valence-electron chi connectivity index (χ1n) is 4.19. The van der Waals surface area contributed by atoms with E-state index in [1.807, 2.05) is 19.9 Å². The highest BCUT2D eigenvalue weighted by Gasteiger charge is 2.00. The molecule has 0 spiro atoms. The van der Waals surface area contributed by atoms with E-state index in [1.165, 1.54) is 0 Å². The van der Waals surface area contributed by atoms with Crippen LogP contribution >= 0.6 is 0 Å². The minimum Gasteiger partial charge on any atom is -0.261 e. The fourth-order valence-electron chi connectivity index (χ4n) is 1.11. The van der Waals surface area contributed by atoms with E-state index in [2.05, 4.69) is 11.1 Å². The van der Waals surface area contributed by atoms with Crippen LogP contribution in [0, 0.1) is 11.3 Å². The Kier molecular flexibility index (Phi) is 2.82. The van der Waals surface area contributed by atoms with Gasteiger partial charge in [0.1, 0.15) is 0 Å². The molecular formula is C10H12N2. The van der Waals surface area contributed by atoms with Crippen molar-refractivity contribution in [3.05, 3.63) is 29.1 Å². The molecule has 0 unspecified atom stereocenters. The predicted octanol–water partition coefficient (Wildman–Crippen LogP) is 2.08. The van der Waals surface area contributed by atoms with E-state index >= 15 is 0 Å². The lowest BCUT2D eigenvalue weighted by Gasteiger charge is -2.01. The molecule has 2 nitrogen and oxygen atoms in total. The SMILES string of the molecule is CCc1cc(C#N)c(CC)cn1. The Morgan fingerprint density at radius 3 is 2.67 bits per heavy atom. The van der Waals surface area contributed by atoms with Gasteiger partial charge < -0.3 is 0 Å². The summed E-state index contributed by atoms with van der Waals surface area (Å²) in [5, 5.41) is 8.79. The Morgan fingerprint density at radius 1 is 1.42 bits per heavy atom. The average Bonchev–Trinajstić information content (AvgIpc) is 2.16. The van der Waals surface area contributed by atoms with E-state index in [0.717, 1.165) is 29.7 Å². The summed E-state index contributed by atoms with van der Waals surface area (Å²) in [6.45, 7) is 4.07. The van der Waals surface area contributed by atoms with Crippen LogP contribution in [-0.2, 0) is 12.8 Å². The number of hydrogen-bond acceptors (Lipinski definition) is 2. The van der Waals surface area contributed by atoms with Gasteiger partial charge in [0.2, 0.25) is 0 Å². The molecule has 1 rings (SSSR count). The van der Waals surface area contributed by atoms with Crippen molar-refractivity contribution in [3.63, 3.8) is 0 Å². The van der Waals surface area contributed by atoms with Gasteiger partial charge in [0.25, 0.3) is 0 Å². The number of nitrogens with zero attached hydrogens (tertiary/aromatic N) is 2. The maximum atomic E-state index is 8.79. The van der Waals surface area contributed by atoms with Crippen LogP contribution in [0.25, 0.3) is 0 Å². The third-order valence-corrected chi connectivity index (χ3v) is 1.91. The molecule has 0 aliphatic heterocycles. The molecule has 0 aromatic carbocycles. The Labute approximate surface area is 72.9 Å². The highest BCUT2D eigenvalue weighted by Crippen LogP contribution is 2.09. The van der Waals surface area contributed by atoms with Crippen LogP contribution in [0.1, 0.15) is 30.7 Å². The molecule has 0 aliphatic rings. The Hall–Kier alpha value is -1.36. The Balaban J connectivity index is 3.13. The molecule has 0 aliphatic carbocycles. The summed E-state index contributed by atoms with van der Waals surface area (Å²) in [6.07, 6.45) is 3.57.